The molecule has 4 rings (SSSR count). The summed E-state index contributed by atoms with van der Waals surface area (Å²) in [7, 11) is 1.33. The number of anilines is 1. The molecule has 4 aromatic rings. The fourth-order valence-electron chi connectivity index (χ4n) is 3.51. The van der Waals surface area contributed by atoms with Crippen molar-refractivity contribution >= 4 is 17.6 Å². The lowest BCUT2D eigenvalue weighted by atomic mass is 10.1. The zero-order valence-corrected chi connectivity index (χ0v) is 21.3. The number of ether oxygens (including phenoxy) is 2. The molecular weight excluding hydrogens is 473 g/mol. The van der Waals surface area contributed by atoms with E-state index in [-0.39, 0.29) is 11.7 Å². The number of aromatic nitrogens is 2. The number of methoxy groups -OCH3 is 1. The minimum absolute atomic E-state index is 0.0718. The van der Waals surface area contributed by atoms with Crippen molar-refractivity contribution in [2.45, 2.75) is 33.6 Å². The second-order valence-corrected chi connectivity index (χ2v) is 8.32. The lowest BCUT2D eigenvalue weighted by Gasteiger charge is -2.08. The van der Waals surface area contributed by atoms with E-state index in [1.54, 1.807) is 67.0 Å². The van der Waals surface area contributed by atoms with Gasteiger partial charge in [-0.1, -0.05) is 31.0 Å². The number of hydrogen-bond donors (Lipinski definition) is 2. The number of hydrogen-bond acceptors (Lipinski definition) is 5. The number of benzene rings is 2. The largest absolute Gasteiger partial charge is 0.465 e. The van der Waals surface area contributed by atoms with E-state index in [1.807, 2.05) is 13.0 Å². The van der Waals surface area contributed by atoms with Crippen LogP contribution in [-0.2, 0) is 16.0 Å². The van der Waals surface area contributed by atoms with Crippen LogP contribution in [-0.4, -0.2) is 29.0 Å². The highest BCUT2D eigenvalue weighted by atomic mass is 19.1. The van der Waals surface area contributed by atoms with Gasteiger partial charge in [0.25, 0.3) is 0 Å². The van der Waals surface area contributed by atoms with Crippen LogP contribution in [0, 0.1) is 12.7 Å². The molecule has 2 aromatic heterocycles. The summed E-state index contributed by atoms with van der Waals surface area (Å²) in [4.78, 5) is 29.9. The third-order valence-corrected chi connectivity index (χ3v) is 5.24. The van der Waals surface area contributed by atoms with Gasteiger partial charge in [0.05, 0.1) is 24.1 Å². The van der Waals surface area contributed by atoms with Crippen LogP contribution in [0.1, 0.15) is 41.8 Å². The van der Waals surface area contributed by atoms with Crippen LogP contribution in [0.5, 0.6) is 11.5 Å². The van der Waals surface area contributed by atoms with Gasteiger partial charge in [-0.25, -0.2) is 9.18 Å². The molecule has 0 aliphatic rings. The molecular formula is C29H30FN3O4. The van der Waals surface area contributed by atoms with E-state index >= 15 is 0 Å². The number of nitrogens with zero attached hydrogens (tertiary/aromatic N) is 1. The molecule has 0 bridgehead atoms. The summed E-state index contributed by atoms with van der Waals surface area (Å²) in [5.41, 5.74) is 4.40. The average molecular weight is 504 g/mol. The first-order valence-electron chi connectivity index (χ1n) is 11.8. The summed E-state index contributed by atoms with van der Waals surface area (Å²) < 4.78 is 23.5. The van der Waals surface area contributed by atoms with E-state index in [4.69, 9.17) is 9.47 Å². The average Bonchev–Trinajstić information content (AvgIpc) is 3.38. The Balaban J connectivity index is 0.000000289. The van der Waals surface area contributed by atoms with Crippen molar-refractivity contribution in [1.82, 2.24) is 9.97 Å². The third-order valence-electron chi connectivity index (χ3n) is 5.24. The second-order valence-electron chi connectivity index (χ2n) is 8.32. The van der Waals surface area contributed by atoms with E-state index in [0.29, 0.717) is 34.1 Å². The maximum Gasteiger partial charge on any atom is 0.339 e. The molecule has 0 radical (unpaired) electrons. The van der Waals surface area contributed by atoms with Gasteiger partial charge in [-0.2, -0.15) is 0 Å². The minimum Gasteiger partial charge on any atom is -0.465 e. The Morgan fingerprint density at radius 3 is 2.46 bits per heavy atom. The van der Waals surface area contributed by atoms with Crippen molar-refractivity contribution in [3.8, 4) is 22.9 Å². The Kier molecular flexibility index (Phi) is 9.55. The second kappa shape index (κ2) is 13.0. The predicted molar refractivity (Wildman–Crippen MR) is 141 cm³/mol. The summed E-state index contributed by atoms with van der Waals surface area (Å²) in [5.74, 6) is 0.598. The number of esters is 1. The van der Waals surface area contributed by atoms with Crippen LogP contribution < -0.4 is 10.1 Å². The number of halogens is 1. The Hall–Kier alpha value is -4.46. The van der Waals surface area contributed by atoms with Crippen LogP contribution in [0.25, 0.3) is 11.4 Å². The maximum absolute atomic E-state index is 13.0. The van der Waals surface area contributed by atoms with Crippen LogP contribution in [0.3, 0.4) is 0 Å². The normalized spacial score (nSPS) is 10.2. The highest BCUT2D eigenvalue weighted by molar-refractivity contribution is 5.90. The van der Waals surface area contributed by atoms with E-state index in [2.05, 4.69) is 22.2 Å². The number of rotatable bonds is 7. The molecule has 0 aliphatic carbocycles. The zero-order valence-electron chi connectivity index (χ0n) is 21.3. The van der Waals surface area contributed by atoms with Crippen molar-refractivity contribution in [2.24, 2.45) is 0 Å². The summed E-state index contributed by atoms with van der Waals surface area (Å²) in [6, 6.07) is 17.4. The van der Waals surface area contributed by atoms with Crippen molar-refractivity contribution in [1.29, 1.82) is 0 Å². The lowest BCUT2D eigenvalue weighted by molar-refractivity contribution is -0.114. The van der Waals surface area contributed by atoms with Gasteiger partial charge >= 0.3 is 5.97 Å². The molecule has 2 N–H and O–H groups in total. The molecule has 0 fully saturated rings. The molecule has 2 aromatic carbocycles. The van der Waals surface area contributed by atoms with Gasteiger partial charge in [-0.05, 0) is 61.4 Å². The first-order chi connectivity index (χ1) is 17.8. The number of aromatic amines is 1. The van der Waals surface area contributed by atoms with Crippen molar-refractivity contribution < 1.29 is 23.5 Å². The Morgan fingerprint density at radius 2 is 1.78 bits per heavy atom. The summed E-state index contributed by atoms with van der Waals surface area (Å²) in [6.45, 7) is 5.50. The first kappa shape index (κ1) is 27.1. The Morgan fingerprint density at radius 1 is 1.03 bits per heavy atom. The first-order valence-corrected chi connectivity index (χ1v) is 11.8. The Bertz CT molecular complexity index is 1350. The number of carbonyl (C=O) groups is 2. The monoisotopic (exact) mass is 503 g/mol. The van der Waals surface area contributed by atoms with Gasteiger partial charge in [0, 0.05) is 31.1 Å². The SMILES string of the molecule is CCCc1cc(C)ccc1F.COC(=O)c1c[nH]c(-c2cc(Oc3ccc(NC(C)=O)cc3)ccn2)c1. The van der Waals surface area contributed by atoms with Gasteiger partial charge in [-0.3, -0.25) is 9.78 Å². The number of aryl methyl sites for hydroxylation is 2. The van der Waals surface area contributed by atoms with E-state index in [9.17, 15) is 14.0 Å². The molecule has 0 saturated heterocycles. The molecule has 7 nitrogen and oxygen atoms in total. The maximum atomic E-state index is 13.0. The smallest absolute Gasteiger partial charge is 0.339 e. The number of carbonyl (C=O) groups excluding carboxylic acids is 2. The molecule has 192 valence electrons. The summed E-state index contributed by atoms with van der Waals surface area (Å²) in [5, 5.41) is 2.70. The van der Waals surface area contributed by atoms with Crippen molar-refractivity contribution in [3.05, 3.63) is 95.6 Å². The van der Waals surface area contributed by atoms with Gasteiger partial charge < -0.3 is 19.8 Å². The molecule has 0 aliphatic heterocycles. The summed E-state index contributed by atoms with van der Waals surface area (Å²) in [6.07, 6.45) is 5.03. The van der Waals surface area contributed by atoms with Crippen LogP contribution in [0.2, 0.25) is 0 Å². The molecule has 0 atom stereocenters. The van der Waals surface area contributed by atoms with Crippen molar-refractivity contribution in [3.63, 3.8) is 0 Å². The molecule has 1 amide bonds. The van der Waals surface area contributed by atoms with Gasteiger partial charge in [0.15, 0.2) is 0 Å². The lowest BCUT2D eigenvalue weighted by Crippen LogP contribution is -2.05. The van der Waals surface area contributed by atoms with E-state index in [0.717, 1.165) is 24.0 Å². The zero-order chi connectivity index (χ0) is 26.8. The van der Waals surface area contributed by atoms with Crippen LogP contribution in [0.15, 0.2) is 73.1 Å². The number of pyridine rings is 1. The van der Waals surface area contributed by atoms with E-state index < -0.39 is 5.97 Å². The fourth-order valence-corrected chi connectivity index (χ4v) is 3.51. The molecule has 0 spiro atoms. The van der Waals surface area contributed by atoms with Crippen LogP contribution in [0.4, 0.5) is 10.1 Å². The number of nitrogens with one attached hydrogen (secondary N) is 2. The molecule has 0 unspecified atom stereocenters. The standard InChI is InChI=1S/C19H17N3O4.C10H13F/c1-12(23)22-14-3-5-15(6-4-14)26-16-7-8-20-18(10-16)17-9-13(11-21-17)19(24)25-2;1-3-4-9-7-8(2)5-6-10(9)11/h3-11,21H,1-2H3,(H,22,23);5-7H,3-4H2,1-2H3. The predicted octanol–water partition coefficient (Wildman–Crippen LogP) is 6.70. The Labute approximate surface area is 215 Å². The fraction of sp³-hybridized carbons (Fsp3) is 0.207. The number of H-pyrrole nitrogens is 1. The van der Waals surface area contributed by atoms with Gasteiger partial charge in [0.2, 0.25) is 5.91 Å². The molecule has 0 saturated carbocycles. The van der Waals surface area contributed by atoms with Gasteiger partial charge in [-0.15, -0.1) is 0 Å². The number of amides is 1. The minimum atomic E-state index is -0.417. The highest BCUT2D eigenvalue weighted by Gasteiger charge is 2.11. The quantitative estimate of drug-likeness (QED) is 0.274. The van der Waals surface area contributed by atoms with E-state index in [1.165, 1.54) is 14.0 Å². The highest BCUT2D eigenvalue weighted by Crippen LogP contribution is 2.26. The molecule has 8 heteroatoms. The third kappa shape index (κ3) is 8.03. The van der Waals surface area contributed by atoms with Crippen LogP contribution >= 0.6 is 0 Å². The summed E-state index contributed by atoms with van der Waals surface area (Å²) >= 11 is 0. The molecule has 37 heavy (non-hydrogen) atoms. The van der Waals surface area contributed by atoms with Gasteiger partial charge in [0.1, 0.15) is 17.3 Å². The topological polar surface area (TPSA) is 93.3 Å². The van der Waals surface area contributed by atoms with Crippen molar-refractivity contribution in [2.75, 3.05) is 12.4 Å². The molecule has 2 heterocycles.